The average Bonchev–Trinajstić information content (AvgIpc) is 2.48. The topological polar surface area (TPSA) is 79.2 Å². The number of sulfonamides is 1. The lowest BCUT2D eigenvalue weighted by Crippen LogP contribution is -2.10. The van der Waals surface area contributed by atoms with Gasteiger partial charge in [0.2, 0.25) is 10.0 Å². The Balaban J connectivity index is 2.43. The number of hydrogen-bond donors (Lipinski definition) is 1. The minimum absolute atomic E-state index is 0.0127. The summed E-state index contributed by atoms with van der Waals surface area (Å²) >= 11 is 11.6. The molecule has 0 spiro atoms. The van der Waals surface area contributed by atoms with E-state index in [1.54, 1.807) is 6.07 Å². The van der Waals surface area contributed by atoms with Gasteiger partial charge in [-0.05, 0) is 24.3 Å². The minimum Gasteiger partial charge on any atom is -0.454 e. The predicted octanol–water partition coefficient (Wildman–Crippen LogP) is 5.05. The number of benzene rings is 2. The molecule has 0 amide bonds. The molecule has 138 valence electrons. The predicted molar refractivity (Wildman–Crippen MR) is 91.2 cm³/mol. The maximum Gasteiger partial charge on any atom is 0.416 e. The van der Waals surface area contributed by atoms with Crippen molar-refractivity contribution in [2.75, 3.05) is 11.0 Å². The zero-order chi connectivity index (χ0) is 19.7. The summed E-state index contributed by atoms with van der Waals surface area (Å²) in [6.07, 6.45) is -3.74. The molecule has 0 fully saturated rings. The summed E-state index contributed by atoms with van der Waals surface area (Å²) in [4.78, 5) is 0. The maximum atomic E-state index is 12.7. The summed E-state index contributed by atoms with van der Waals surface area (Å²) in [5, 5.41) is 8.25. The number of nitrogens with zero attached hydrogens (tertiary/aromatic N) is 1. The number of hydrogen-bond acceptors (Lipinski definition) is 4. The van der Waals surface area contributed by atoms with Gasteiger partial charge in [0.15, 0.2) is 5.75 Å². The van der Waals surface area contributed by atoms with Crippen molar-refractivity contribution in [2.24, 2.45) is 0 Å². The monoisotopic (exact) mass is 424 g/mol. The molecule has 0 saturated heterocycles. The Bertz CT molecular complexity index is 979. The van der Waals surface area contributed by atoms with Gasteiger partial charge >= 0.3 is 6.18 Å². The molecule has 26 heavy (non-hydrogen) atoms. The summed E-state index contributed by atoms with van der Waals surface area (Å²) in [6.45, 7) is 0. The number of ether oxygens (including phenoxy) is 1. The van der Waals surface area contributed by atoms with E-state index >= 15 is 0 Å². The van der Waals surface area contributed by atoms with E-state index in [9.17, 15) is 21.6 Å². The molecule has 0 aliphatic rings. The van der Waals surface area contributed by atoms with Gasteiger partial charge < -0.3 is 4.74 Å². The van der Waals surface area contributed by atoms with Crippen molar-refractivity contribution in [3.05, 3.63) is 51.5 Å². The van der Waals surface area contributed by atoms with Crippen LogP contribution in [0.15, 0.2) is 30.3 Å². The molecule has 0 atom stereocenters. The number of nitriles is 1. The number of alkyl halides is 3. The van der Waals surface area contributed by atoms with Crippen LogP contribution in [0.3, 0.4) is 0 Å². The highest BCUT2D eigenvalue weighted by Crippen LogP contribution is 2.42. The third-order valence-electron chi connectivity index (χ3n) is 2.95. The highest BCUT2D eigenvalue weighted by molar-refractivity contribution is 7.92. The van der Waals surface area contributed by atoms with Gasteiger partial charge in [-0.3, -0.25) is 4.72 Å². The van der Waals surface area contributed by atoms with Crippen molar-refractivity contribution in [1.29, 1.82) is 5.26 Å². The Morgan fingerprint density at radius 1 is 1.15 bits per heavy atom. The molecule has 5 nitrogen and oxygen atoms in total. The first-order valence-corrected chi connectivity index (χ1v) is 9.31. The molecule has 0 aliphatic heterocycles. The van der Waals surface area contributed by atoms with Crippen molar-refractivity contribution in [1.82, 2.24) is 0 Å². The van der Waals surface area contributed by atoms with Gasteiger partial charge in [-0.25, -0.2) is 8.42 Å². The van der Waals surface area contributed by atoms with Crippen LogP contribution in [0.4, 0.5) is 18.9 Å². The van der Waals surface area contributed by atoms with Crippen LogP contribution < -0.4 is 9.46 Å². The molecule has 0 radical (unpaired) electrons. The molecule has 2 aromatic carbocycles. The van der Waals surface area contributed by atoms with Crippen LogP contribution in [0.25, 0.3) is 0 Å². The Kier molecular flexibility index (Phi) is 5.61. The molecule has 11 heteroatoms. The smallest absolute Gasteiger partial charge is 0.416 e. The molecule has 2 rings (SSSR count). The second-order valence-corrected chi connectivity index (χ2v) is 7.63. The zero-order valence-electron chi connectivity index (χ0n) is 12.9. The van der Waals surface area contributed by atoms with E-state index in [1.165, 1.54) is 18.2 Å². The summed E-state index contributed by atoms with van der Waals surface area (Å²) in [5.41, 5.74) is -1.09. The van der Waals surface area contributed by atoms with Crippen molar-refractivity contribution < 1.29 is 26.3 Å². The summed E-state index contributed by atoms with van der Waals surface area (Å²) in [6, 6.07) is 6.88. The first-order valence-electron chi connectivity index (χ1n) is 6.67. The summed E-state index contributed by atoms with van der Waals surface area (Å²) in [7, 11) is -3.67. The van der Waals surface area contributed by atoms with E-state index in [1.807, 2.05) is 0 Å². The zero-order valence-corrected chi connectivity index (χ0v) is 15.2. The van der Waals surface area contributed by atoms with Gasteiger partial charge in [-0.1, -0.05) is 23.2 Å². The van der Waals surface area contributed by atoms with E-state index in [0.717, 1.165) is 6.26 Å². The van der Waals surface area contributed by atoms with E-state index in [4.69, 9.17) is 33.2 Å². The number of halogens is 5. The Morgan fingerprint density at radius 3 is 2.19 bits per heavy atom. The van der Waals surface area contributed by atoms with Gasteiger partial charge in [0.05, 0.1) is 33.1 Å². The molecule has 0 unspecified atom stereocenters. The highest BCUT2D eigenvalue weighted by atomic mass is 35.5. The van der Waals surface area contributed by atoms with Gasteiger partial charge in [-0.15, -0.1) is 0 Å². The highest BCUT2D eigenvalue weighted by Gasteiger charge is 2.32. The minimum atomic E-state index is -4.63. The Hall–Kier alpha value is -2.15. The van der Waals surface area contributed by atoms with E-state index < -0.39 is 21.8 Å². The van der Waals surface area contributed by atoms with Crippen LogP contribution in [0, 0.1) is 11.3 Å². The molecule has 0 saturated carbocycles. The van der Waals surface area contributed by atoms with Crippen LogP contribution >= 0.6 is 23.2 Å². The normalized spacial score (nSPS) is 11.7. The van der Waals surface area contributed by atoms with E-state index in [2.05, 4.69) is 4.72 Å². The lowest BCUT2D eigenvalue weighted by molar-refractivity contribution is -0.137. The molecule has 2 aromatic rings. The fraction of sp³-hybridized carbons (Fsp3) is 0.133. The van der Waals surface area contributed by atoms with Crippen molar-refractivity contribution in [2.45, 2.75) is 6.18 Å². The number of anilines is 1. The molecule has 0 aromatic heterocycles. The van der Waals surface area contributed by atoms with Crippen LogP contribution in [0.2, 0.25) is 10.0 Å². The van der Waals surface area contributed by atoms with Gasteiger partial charge in [-0.2, -0.15) is 18.4 Å². The van der Waals surface area contributed by atoms with Gasteiger partial charge in [0, 0.05) is 6.07 Å². The molecule has 0 heterocycles. The first-order chi connectivity index (χ1) is 11.9. The van der Waals surface area contributed by atoms with Crippen molar-refractivity contribution in [3.8, 4) is 17.6 Å². The Morgan fingerprint density at radius 2 is 1.73 bits per heavy atom. The standard InChI is InChI=1S/C15H9Cl2F3N2O3S/c1-26(23,24)22-13-6-10(3-2-8(13)7-21)25-14-11(16)4-9(5-12(14)17)15(18,19)20/h2-6,22H,1H3. The van der Waals surface area contributed by atoms with Crippen molar-refractivity contribution in [3.63, 3.8) is 0 Å². The number of nitrogens with one attached hydrogen (secondary N) is 1. The largest absolute Gasteiger partial charge is 0.454 e. The SMILES string of the molecule is CS(=O)(=O)Nc1cc(Oc2c(Cl)cc(C(F)(F)F)cc2Cl)ccc1C#N. The van der Waals surface area contributed by atoms with Crippen LogP contribution in [-0.4, -0.2) is 14.7 Å². The van der Waals surface area contributed by atoms with Crippen molar-refractivity contribution >= 4 is 38.9 Å². The maximum absolute atomic E-state index is 12.7. The quantitative estimate of drug-likeness (QED) is 0.744. The first kappa shape index (κ1) is 20.2. The molecule has 0 aliphatic carbocycles. The van der Waals surface area contributed by atoms with Gasteiger partial charge in [0.1, 0.15) is 11.8 Å². The lowest BCUT2D eigenvalue weighted by Gasteiger charge is -2.14. The molecule has 1 N–H and O–H groups in total. The lowest BCUT2D eigenvalue weighted by atomic mass is 10.2. The fourth-order valence-electron chi connectivity index (χ4n) is 1.91. The Labute approximate surface area is 157 Å². The summed E-state index contributed by atoms with van der Waals surface area (Å²) in [5.74, 6) is -0.227. The molecular weight excluding hydrogens is 416 g/mol. The third kappa shape index (κ3) is 4.94. The molecule has 0 bridgehead atoms. The van der Waals surface area contributed by atoms with E-state index in [-0.39, 0.29) is 32.8 Å². The van der Waals surface area contributed by atoms with Crippen LogP contribution in [0.5, 0.6) is 11.5 Å². The second-order valence-electron chi connectivity index (χ2n) is 5.06. The molecular formula is C15H9Cl2F3N2O3S. The second kappa shape index (κ2) is 7.23. The summed E-state index contributed by atoms with van der Waals surface area (Å²) < 4.78 is 68.5. The number of rotatable bonds is 4. The van der Waals surface area contributed by atoms with Gasteiger partial charge in [0.25, 0.3) is 0 Å². The van der Waals surface area contributed by atoms with Crippen LogP contribution in [-0.2, 0) is 16.2 Å². The third-order valence-corrected chi connectivity index (χ3v) is 4.10. The average molecular weight is 425 g/mol. The van der Waals surface area contributed by atoms with Crippen LogP contribution in [0.1, 0.15) is 11.1 Å². The fourth-order valence-corrected chi connectivity index (χ4v) is 3.04. The van der Waals surface area contributed by atoms with E-state index in [0.29, 0.717) is 12.1 Å².